The van der Waals surface area contributed by atoms with E-state index in [1.54, 1.807) is 0 Å². The molecule has 1 aromatic carbocycles. The summed E-state index contributed by atoms with van der Waals surface area (Å²) in [5, 5.41) is 14.2. The van der Waals surface area contributed by atoms with Gasteiger partial charge in [0.1, 0.15) is 5.82 Å². The summed E-state index contributed by atoms with van der Waals surface area (Å²) in [6.07, 6.45) is 4.48. The zero-order valence-corrected chi connectivity index (χ0v) is 23.6. The van der Waals surface area contributed by atoms with Crippen molar-refractivity contribution in [3.8, 4) is 5.69 Å². The van der Waals surface area contributed by atoms with Crippen LogP contribution in [0.5, 0.6) is 0 Å². The van der Waals surface area contributed by atoms with Gasteiger partial charge in [-0.25, -0.2) is 18.6 Å². The predicted molar refractivity (Wildman–Crippen MR) is 146 cm³/mol. The van der Waals surface area contributed by atoms with Crippen LogP contribution in [0.15, 0.2) is 23.1 Å². The van der Waals surface area contributed by atoms with Gasteiger partial charge in [0, 0.05) is 17.1 Å². The van der Waals surface area contributed by atoms with E-state index in [1.807, 2.05) is 13.8 Å². The molecule has 3 heterocycles. The molecule has 10 nitrogen and oxygen atoms in total. The van der Waals surface area contributed by atoms with Crippen LogP contribution in [0.1, 0.15) is 84.7 Å². The molecule has 1 aliphatic carbocycles. The Morgan fingerprint density at radius 3 is 2.28 bits per heavy atom. The van der Waals surface area contributed by atoms with Gasteiger partial charge >= 0.3 is 5.69 Å². The van der Waals surface area contributed by atoms with Gasteiger partial charge in [0.05, 0.1) is 23.6 Å². The summed E-state index contributed by atoms with van der Waals surface area (Å²) < 4.78 is 32.5. The second-order valence-electron chi connectivity index (χ2n) is 12.3. The van der Waals surface area contributed by atoms with Gasteiger partial charge in [-0.15, -0.1) is 0 Å². The molecule has 12 heteroatoms. The summed E-state index contributed by atoms with van der Waals surface area (Å²) >= 11 is 0. The van der Waals surface area contributed by atoms with E-state index in [0.29, 0.717) is 11.3 Å². The first-order valence-corrected chi connectivity index (χ1v) is 13.5. The second-order valence-corrected chi connectivity index (χ2v) is 12.3. The van der Waals surface area contributed by atoms with E-state index >= 15 is 4.39 Å². The summed E-state index contributed by atoms with van der Waals surface area (Å²) in [6.45, 7) is 12.4. The smallest absolute Gasteiger partial charge is 0.365 e. The molecule has 2 fully saturated rings. The molecule has 1 saturated heterocycles. The highest BCUT2D eigenvalue weighted by Crippen LogP contribution is 2.44. The Bertz CT molecular complexity index is 1420. The molecule has 39 heavy (non-hydrogen) atoms. The van der Waals surface area contributed by atoms with Crippen molar-refractivity contribution in [1.29, 1.82) is 0 Å². The molecule has 5 rings (SSSR count). The summed E-state index contributed by atoms with van der Waals surface area (Å²) in [5.74, 6) is -0.864. The van der Waals surface area contributed by atoms with Gasteiger partial charge in [-0.2, -0.15) is 14.3 Å². The normalized spacial score (nSPS) is 19.4. The van der Waals surface area contributed by atoms with Crippen LogP contribution >= 0.6 is 0 Å². The van der Waals surface area contributed by atoms with Crippen LogP contribution in [0.4, 0.5) is 26.2 Å². The maximum absolute atomic E-state index is 15.3. The second kappa shape index (κ2) is 9.65. The average Bonchev–Trinajstić information content (AvgIpc) is 3.61. The van der Waals surface area contributed by atoms with Gasteiger partial charge < -0.3 is 10.6 Å². The van der Waals surface area contributed by atoms with E-state index in [4.69, 9.17) is 0 Å². The zero-order chi connectivity index (χ0) is 28.3. The first-order valence-electron chi connectivity index (χ1n) is 13.5. The molecule has 0 amide bonds. The van der Waals surface area contributed by atoms with Crippen molar-refractivity contribution in [2.45, 2.75) is 96.3 Å². The van der Waals surface area contributed by atoms with Gasteiger partial charge in [-0.1, -0.05) is 0 Å². The van der Waals surface area contributed by atoms with Crippen LogP contribution in [0.3, 0.4) is 0 Å². The minimum atomic E-state index is -0.586. The Morgan fingerprint density at radius 2 is 1.69 bits per heavy atom. The molecular weight excluding hydrogens is 504 g/mol. The minimum Gasteiger partial charge on any atom is -0.365 e. The third-order valence-electron chi connectivity index (χ3n) is 8.09. The van der Waals surface area contributed by atoms with Gasteiger partial charge in [0.2, 0.25) is 5.95 Å². The van der Waals surface area contributed by atoms with E-state index in [9.17, 15) is 9.18 Å². The van der Waals surface area contributed by atoms with Crippen LogP contribution in [-0.4, -0.2) is 58.8 Å². The van der Waals surface area contributed by atoms with Crippen LogP contribution in [0.25, 0.3) is 5.69 Å². The Hall–Kier alpha value is -3.41. The Balaban J connectivity index is 1.44. The third kappa shape index (κ3) is 5.26. The highest BCUT2D eigenvalue weighted by molar-refractivity contribution is 5.62. The first-order chi connectivity index (χ1) is 18.3. The molecule has 210 valence electrons. The molecule has 2 aromatic heterocycles. The topological polar surface area (TPSA) is 106 Å². The summed E-state index contributed by atoms with van der Waals surface area (Å²) in [5.41, 5.74) is 0.614. The van der Waals surface area contributed by atoms with E-state index < -0.39 is 17.3 Å². The number of nitrogens with one attached hydrogen (secondary N) is 2. The van der Waals surface area contributed by atoms with E-state index in [1.165, 1.54) is 21.5 Å². The molecule has 2 N–H and O–H groups in total. The number of nitrogens with zero attached hydrogens (tertiary/aromatic N) is 7. The Kier molecular flexibility index (Phi) is 6.72. The van der Waals surface area contributed by atoms with Crippen LogP contribution in [0.2, 0.25) is 0 Å². The molecular formula is C27H37F2N9O. The zero-order valence-electron chi connectivity index (χ0n) is 23.6. The molecule has 1 saturated carbocycles. The number of halogens is 2. The van der Waals surface area contributed by atoms with Crippen molar-refractivity contribution in [2.24, 2.45) is 0 Å². The maximum Gasteiger partial charge on any atom is 0.368 e. The molecule has 0 spiro atoms. The van der Waals surface area contributed by atoms with Crippen molar-refractivity contribution in [3.05, 3.63) is 46.0 Å². The average molecular weight is 542 g/mol. The highest BCUT2D eigenvalue weighted by Gasteiger charge is 2.43. The maximum atomic E-state index is 15.3. The lowest BCUT2D eigenvalue weighted by Crippen LogP contribution is -2.61. The fourth-order valence-corrected chi connectivity index (χ4v) is 5.63. The van der Waals surface area contributed by atoms with Crippen molar-refractivity contribution < 1.29 is 8.78 Å². The lowest BCUT2D eigenvalue weighted by molar-refractivity contribution is -0.00778. The van der Waals surface area contributed by atoms with Crippen molar-refractivity contribution >= 4 is 17.5 Å². The predicted octanol–water partition coefficient (Wildman–Crippen LogP) is 4.76. The third-order valence-corrected chi connectivity index (χ3v) is 8.09. The molecule has 0 unspecified atom stereocenters. The van der Waals surface area contributed by atoms with Crippen LogP contribution < -0.4 is 16.3 Å². The number of piperidine rings is 1. The Morgan fingerprint density at radius 1 is 1.03 bits per heavy atom. The number of hydrogen-bond donors (Lipinski definition) is 2. The van der Waals surface area contributed by atoms with Crippen LogP contribution in [0, 0.1) is 11.6 Å². The molecule has 0 atom stereocenters. The van der Waals surface area contributed by atoms with Gasteiger partial charge in [0.25, 0.3) is 0 Å². The molecule has 0 radical (unpaired) electrons. The molecule has 3 aromatic rings. The van der Waals surface area contributed by atoms with Crippen molar-refractivity contribution in [1.82, 2.24) is 34.7 Å². The molecule has 2 aliphatic rings. The fraction of sp³-hybridized carbons (Fsp3) is 0.593. The van der Waals surface area contributed by atoms with Crippen molar-refractivity contribution in [3.63, 3.8) is 0 Å². The van der Waals surface area contributed by atoms with Gasteiger partial charge in [-0.05, 0) is 108 Å². The summed E-state index contributed by atoms with van der Waals surface area (Å²) in [7, 11) is 2.11. The SMILES string of the molecule is CC(C)n1nnn(-c2cc(Nc3ncc(F)c(NC4CC(C)(C)N(C)C(C)(C)C4)n3)c(F)cc2C2CC2)c1=O. The summed E-state index contributed by atoms with van der Waals surface area (Å²) in [4.78, 5) is 23.7. The van der Waals surface area contributed by atoms with E-state index in [-0.39, 0.29) is 46.5 Å². The number of tetrazole rings is 1. The standard InChI is InChI=1S/C27H37F2N9O/c1-15(2)37-25(39)38(35-34-37)22-11-21(19(28)10-18(22)16-8-9-16)32-24-30-14-20(29)23(33-24)31-17-12-26(3,4)36(7)27(5,6)13-17/h10-11,14-17H,8-9,12-13H2,1-7H3,(H2,30,31,32,33). The van der Waals surface area contributed by atoms with E-state index in [2.05, 4.69) is 70.7 Å². The highest BCUT2D eigenvalue weighted by atomic mass is 19.1. The fourth-order valence-electron chi connectivity index (χ4n) is 5.63. The monoisotopic (exact) mass is 541 g/mol. The number of benzene rings is 1. The largest absolute Gasteiger partial charge is 0.368 e. The van der Waals surface area contributed by atoms with Crippen molar-refractivity contribution in [2.75, 3.05) is 17.7 Å². The number of aromatic nitrogens is 6. The lowest BCUT2D eigenvalue weighted by Gasteiger charge is -2.53. The quantitative estimate of drug-likeness (QED) is 0.441. The van der Waals surface area contributed by atoms with E-state index in [0.717, 1.165) is 31.9 Å². The summed E-state index contributed by atoms with van der Waals surface area (Å²) in [6, 6.07) is 2.75. The lowest BCUT2D eigenvalue weighted by atomic mass is 9.77. The number of likely N-dealkylation sites (tertiary alicyclic amines) is 1. The number of rotatable bonds is 7. The van der Waals surface area contributed by atoms with Gasteiger partial charge in [0.15, 0.2) is 11.6 Å². The molecule has 0 bridgehead atoms. The van der Waals surface area contributed by atoms with Crippen LogP contribution in [-0.2, 0) is 0 Å². The Labute approximate surface area is 226 Å². The first kappa shape index (κ1) is 27.2. The minimum absolute atomic E-state index is 0.0138. The number of anilines is 3. The number of hydrogen-bond acceptors (Lipinski definition) is 8. The van der Waals surface area contributed by atoms with Gasteiger partial charge in [-0.3, -0.25) is 4.90 Å². The molecule has 1 aliphatic heterocycles.